The minimum Gasteiger partial charge on any atom is -0.450 e. The Hall–Kier alpha value is -2.63. The van der Waals surface area contributed by atoms with Gasteiger partial charge in [-0.1, -0.05) is 12.1 Å². The molecule has 1 heterocycles. The first kappa shape index (κ1) is 14.8. The van der Waals surface area contributed by atoms with Crippen molar-refractivity contribution in [2.45, 2.75) is 13.6 Å². The number of rotatable bonds is 5. The molecule has 0 atom stereocenters. The van der Waals surface area contributed by atoms with E-state index in [-0.39, 0.29) is 24.5 Å². The molecule has 0 unspecified atom stereocenters. The van der Waals surface area contributed by atoms with Crippen LogP contribution in [0.5, 0.6) is 0 Å². The fourth-order valence-corrected chi connectivity index (χ4v) is 1.87. The number of amides is 1. The lowest BCUT2D eigenvalue weighted by atomic mass is 10.1. The van der Waals surface area contributed by atoms with Crippen molar-refractivity contribution in [3.63, 3.8) is 0 Å². The van der Waals surface area contributed by atoms with Crippen LogP contribution in [0.2, 0.25) is 0 Å². The first-order chi connectivity index (χ1) is 10.1. The summed E-state index contributed by atoms with van der Waals surface area (Å²) in [5.74, 6) is -1.02. The number of hydrogen-bond acceptors (Lipinski definition) is 3. The molecule has 0 saturated heterocycles. The van der Waals surface area contributed by atoms with E-state index in [1.54, 1.807) is 31.3 Å². The van der Waals surface area contributed by atoms with E-state index in [1.165, 1.54) is 22.8 Å². The monoisotopic (exact) mass is 290 g/mol. The molecule has 21 heavy (non-hydrogen) atoms. The van der Waals surface area contributed by atoms with Crippen molar-refractivity contribution in [3.05, 3.63) is 59.7 Å². The van der Waals surface area contributed by atoms with Gasteiger partial charge in [0.2, 0.25) is 5.78 Å². The van der Waals surface area contributed by atoms with Crippen molar-refractivity contribution in [1.82, 2.24) is 9.88 Å². The van der Waals surface area contributed by atoms with Crippen LogP contribution in [0.3, 0.4) is 0 Å². The van der Waals surface area contributed by atoms with Crippen LogP contribution in [0.1, 0.15) is 23.0 Å². The summed E-state index contributed by atoms with van der Waals surface area (Å²) in [5.41, 5.74) is 0.283. The van der Waals surface area contributed by atoms with E-state index in [0.29, 0.717) is 0 Å². The number of halogens is 1. The Morgan fingerprint density at radius 1 is 1.24 bits per heavy atom. The Labute approximate surface area is 121 Å². The van der Waals surface area contributed by atoms with Crippen molar-refractivity contribution in [3.8, 4) is 0 Å². The van der Waals surface area contributed by atoms with Gasteiger partial charge in [-0.15, -0.1) is 0 Å². The van der Waals surface area contributed by atoms with Gasteiger partial charge in [-0.3, -0.25) is 4.79 Å². The fourth-order valence-electron chi connectivity index (χ4n) is 1.87. The molecule has 2 aromatic rings. The maximum atomic E-state index is 13.7. The first-order valence-electron chi connectivity index (χ1n) is 6.48. The average Bonchev–Trinajstić information content (AvgIpc) is 2.93. The number of hydrogen-bond donors (Lipinski definition) is 1. The van der Waals surface area contributed by atoms with Crippen LogP contribution in [-0.4, -0.2) is 23.1 Å². The topological polar surface area (TPSA) is 60.3 Å². The SMILES string of the molecule is CCOC(=O)NCn1cccc1C(=O)c1ccccc1F. The molecule has 0 saturated carbocycles. The van der Waals surface area contributed by atoms with Gasteiger partial charge in [0.05, 0.1) is 24.5 Å². The molecule has 0 radical (unpaired) electrons. The zero-order chi connectivity index (χ0) is 15.2. The summed E-state index contributed by atoms with van der Waals surface area (Å²) in [6, 6.07) is 9.00. The summed E-state index contributed by atoms with van der Waals surface area (Å²) in [5, 5.41) is 2.50. The minimum atomic E-state index is -0.575. The van der Waals surface area contributed by atoms with Crippen LogP contribution >= 0.6 is 0 Å². The summed E-state index contributed by atoms with van der Waals surface area (Å²) in [7, 11) is 0. The third kappa shape index (κ3) is 3.47. The van der Waals surface area contributed by atoms with Gasteiger partial charge in [0, 0.05) is 6.20 Å². The molecule has 0 fully saturated rings. The van der Waals surface area contributed by atoms with E-state index >= 15 is 0 Å². The van der Waals surface area contributed by atoms with Gasteiger partial charge in [0.25, 0.3) is 0 Å². The number of carbonyl (C=O) groups excluding carboxylic acids is 2. The summed E-state index contributed by atoms with van der Waals surface area (Å²) >= 11 is 0. The van der Waals surface area contributed by atoms with Gasteiger partial charge in [0.1, 0.15) is 5.82 Å². The van der Waals surface area contributed by atoms with E-state index in [4.69, 9.17) is 4.74 Å². The van der Waals surface area contributed by atoms with Gasteiger partial charge < -0.3 is 14.6 Å². The lowest BCUT2D eigenvalue weighted by molar-refractivity contribution is 0.102. The molecule has 0 aliphatic heterocycles. The molecule has 1 amide bonds. The van der Waals surface area contributed by atoms with Crippen LogP contribution in [0.4, 0.5) is 9.18 Å². The highest BCUT2D eigenvalue weighted by Gasteiger charge is 2.16. The molecule has 1 aromatic heterocycles. The maximum absolute atomic E-state index is 13.7. The fraction of sp³-hybridized carbons (Fsp3) is 0.200. The Kier molecular flexibility index (Phi) is 4.71. The molecule has 0 bridgehead atoms. The highest BCUT2D eigenvalue weighted by atomic mass is 19.1. The Balaban J connectivity index is 2.15. The molecule has 0 aliphatic carbocycles. The molecule has 1 N–H and O–H groups in total. The zero-order valence-electron chi connectivity index (χ0n) is 11.5. The normalized spacial score (nSPS) is 10.2. The van der Waals surface area contributed by atoms with Gasteiger partial charge in [0.15, 0.2) is 0 Å². The van der Waals surface area contributed by atoms with E-state index in [2.05, 4.69) is 5.32 Å². The highest BCUT2D eigenvalue weighted by Crippen LogP contribution is 2.13. The molecule has 5 nitrogen and oxygen atoms in total. The standard InChI is InChI=1S/C15H15FN2O3/c1-2-21-15(20)17-10-18-9-5-8-13(18)14(19)11-6-3-4-7-12(11)16/h3-9H,2,10H2,1H3,(H,17,20). The number of carbonyl (C=O) groups is 2. The number of alkyl carbamates (subject to hydrolysis) is 1. The molecular formula is C15H15FN2O3. The number of nitrogens with one attached hydrogen (secondary N) is 1. The molecular weight excluding hydrogens is 275 g/mol. The number of benzene rings is 1. The van der Waals surface area contributed by atoms with Gasteiger partial charge in [-0.25, -0.2) is 9.18 Å². The van der Waals surface area contributed by atoms with Crippen LogP contribution in [0, 0.1) is 5.82 Å². The Bertz CT molecular complexity index is 652. The lowest BCUT2D eigenvalue weighted by Crippen LogP contribution is -2.28. The number of nitrogens with zero attached hydrogens (tertiary/aromatic N) is 1. The van der Waals surface area contributed by atoms with Gasteiger partial charge >= 0.3 is 6.09 Å². The summed E-state index contributed by atoms with van der Waals surface area (Å²) in [6.45, 7) is 2.03. The van der Waals surface area contributed by atoms with Crippen LogP contribution in [0.15, 0.2) is 42.6 Å². The molecule has 0 spiro atoms. The zero-order valence-corrected chi connectivity index (χ0v) is 11.5. The number of ketones is 1. The number of ether oxygens (including phenoxy) is 1. The average molecular weight is 290 g/mol. The summed E-state index contributed by atoms with van der Waals surface area (Å²) in [4.78, 5) is 23.6. The second-order valence-electron chi connectivity index (χ2n) is 4.23. The van der Waals surface area contributed by atoms with E-state index in [1.807, 2.05) is 0 Å². The van der Waals surface area contributed by atoms with Crippen molar-refractivity contribution in [2.75, 3.05) is 6.61 Å². The number of aromatic nitrogens is 1. The van der Waals surface area contributed by atoms with Crippen LogP contribution < -0.4 is 5.32 Å². The quantitative estimate of drug-likeness (QED) is 0.861. The Morgan fingerprint density at radius 3 is 2.71 bits per heavy atom. The molecule has 110 valence electrons. The van der Waals surface area contributed by atoms with Crippen LogP contribution in [0.25, 0.3) is 0 Å². The summed E-state index contributed by atoms with van der Waals surface area (Å²) in [6.07, 6.45) is 1.05. The van der Waals surface area contributed by atoms with Gasteiger partial charge in [-0.05, 0) is 31.2 Å². The highest BCUT2D eigenvalue weighted by molar-refractivity contribution is 6.08. The maximum Gasteiger partial charge on any atom is 0.408 e. The van der Waals surface area contributed by atoms with Crippen LogP contribution in [-0.2, 0) is 11.4 Å². The van der Waals surface area contributed by atoms with E-state index in [9.17, 15) is 14.0 Å². The van der Waals surface area contributed by atoms with Gasteiger partial charge in [-0.2, -0.15) is 0 Å². The Morgan fingerprint density at radius 2 is 2.00 bits per heavy atom. The second kappa shape index (κ2) is 6.69. The first-order valence-corrected chi connectivity index (χ1v) is 6.48. The largest absolute Gasteiger partial charge is 0.450 e. The predicted octanol–water partition coefficient (Wildman–Crippen LogP) is 2.56. The third-order valence-electron chi connectivity index (χ3n) is 2.85. The van der Waals surface area contributed by atoms with Crippen molar-refractivity contribution < 1.29 is 18.7 Å². The smallest absolute Gasteiger partial charge is 0.408 e. The predicted molar refractivity (Wildman–Crippen MR) is 74.4 cm³/mol. The van der Waals surface area contributed by atoms with Crippen molar-refractivity contribution >= 4 is 11.9 Å². The minimum absolute atomic E-state index is 0.00594. The lowest BCUT2D eigenvalue weighted by Gasteiger charge is -2.10. The molecule has 1 aromatic carbocycles. The van der Waals surface area contributed by atoms with E-state index < -0.39 is 17.7 Å². The van der Waals surface area contributed by atoms with Crippen molar-refractivity contribution in [2.24, 2.45) is 0 Å². The molecule has 2 rings (SSSR count). The summed E-state index contributed by atoms with van der Waals surface area (Å²) < 4.78 is 19.9. The second-order valence-corrected chi connectivity index (χ2v) is 4.23. The van der Waals surface area contributed by atoms with Crippen molar-refractivity contribution in [1.29, 1.82) is 0 Å². The molecule has 6 heteroatoms. The van der Waals surface area contributed by atoms with E-state index in [0.717, 1.165) is 0 Å². The molecule has 0 aliphatic rings. The third-order valence-corrected chi connectivity index (χ3v) is 2.85.